The molecule has 2 N–H and O–H groups in total. The van der Waals surface area contributed by atoms with Crippen molar-refractivity contribution >= 4 is 23.7 Å². The molecular weight excluding hydrogens is 386 g/mol. The Kier molecular flexibility index (Phi) is 6.79. The molecule has 1 fully saturated rings. The molecule has 1 heterocycles. The second kappa shape index (κ2) is 9.69. The van der Waals surface area contributed by atoms with Gasteiger partial charge in [0.2, 0.25) is 5.91 Å². The van der Waals surface area contributed by atoms with Crippen molar-refractivity contribution < 1.29 is 23.9 Å². The molecule has 2 aromatic rings. The minimum absolute atomic E-state index is 0.00171. The van der Waals surface area contributed by atoms with Crippen LogP contribution in [0.3, 0.4) is 0 Å². The van der Waals surface area contributed by atoms with Gasteiger partial charge in [0.25, 0.3) is 11.8 Å². The molecular formula is C22H23N3O5. The maximum absolute atomic E-state index is 12.3. The van der Waals surface area contributed by atoms with E-state index in [-0.39, 0.29) is 24.9 Å². The average Bonchev–Trinajstić information content (AvgIpc) is 3.13. The first kappa shape index (κ1) is 21.0. The summed E-state index contributed by atoms with van der Waals surface area (Å²) in [7, 11) is 0. The minimum Gasteiger partial charge on any atom is -0.455 e. The molecule has 0 bridgehead atoms. The van der Waals surface area contributed by atoms with Gasteiger partial charge in [0.15, 0.2) is 6.61 Å². The maximum atomic E-state index is 12.3. The van der Waals surface area contributed by atoms with Gasteiger partial charge in [-0.3, -0.25) is 29.6 Å². The van der Waals surface area contributed by atoms with Crippen LogP contribution < -0.4 is 10.7 Å². The van der Waals surface area contributed by atoms with Crippen LogP contribution in [0.2, 0.25) is 0 Å². The molecule has 0 saturated carbocycles. The van der Waals surface area contributed by atoms with Gasteiger partial charge in [-0.05, 0) is 24.6 Å². The average molecular weight is 409 g/mol. The van der Waals surface area contributed by atoms with Crippen molar-refractivity contribution in [2.24, 2.45) is 5.92 Å². The Hall–Kier alpha value is -3.68. The summed E-state index contributed by atoms with van der Waals surface area (Å²) < 4.78 is 5.07. The van der Waals surface area contributed by atoms with Gasteiger partial charge in [0.1, 0.15) is 0 Å². The first-order valence-electron chi connectivity index (χ1n) is 9.61. The third kappa shape index (κ3) is 5.44. The van der Waals surface area contributed by atoms with Crippen molar-refractivity contribution in [2.75, 3.05) is 13.2 Å². The Bertz CT molecular complexity index is 917. The summed E-state index contributed by atoms with van der Waals surface area (Å²) in [5.41, 5.74) is 3.83. The maximum Gasteiger partial charge on any atom is 0.311 e. The van der Waals surface area contributed by atoms with E-state index in [1.165, 1.54) is 0 Å². The largest absolute Gasteiger partial charge is 0.455 e. The zero-order valence-electron chi connectivity index (χ0n) is 16.5. The molecule has 3 rings (SSSR count). The van der Waals surface area contributed by atoms with E-state index in [0.717, 1.165) is 10.6 Å². The number of amides is 3. The number of hydrogen-bond acceptors (Lipinski definition) is 5. The molecule has 2 aromatic carbocycles. The molecule has 0 aromatic heterocycles. The lowest BCUT2D eigenvalue weighted by atomic mass is 10.1. The molecule has 2 atom stereocenters. The zero-order chi connectivity index (χ0) is 21.5. The van der Waals surface area contributed by atoms with Gasteiger partial charge in [-0.15, -0.1) is 0 Å². The normalized spacial score (nSPS) is 16.6. The first-order chi connectivity index (χ1) is 14.4. The Morgan fingerprint density at radius 3 is 2.37 bits per heavy atom. The van der Waals surface area contributed by atoms with E-state index in [1.807, 2.05) is 37.3 Å². The number of ether oxygens (including phenoxy) is 1. The predicted molar refractivity (Wildman–Crippen MR) is 108 cm³/mol. The number of nitrogens with one attached hydrogen (secondary N) is 2. The van der Waals surface area contributed by atoms with E-state index in [1.54, 1.807) is 30.3 Å². The number of carbonyl (C=O) groups is 4. The summed E-state index contributed by atoms with van der Waals surface area (Å²) in [6.07, 6.45) is -0.0874. The summed E-state index contributed by atoms with van der Waals surface area (Å²) in [4.78, 5) is 48.6. The monoisotopic (exact) mass is 409 g/mol. The molecule has 8 nitrogen and oxygen atoms in total. The van der Waals surface area contributed by atoms with E-state index in [4.69, 9.17) is 4.74 Å². The van der Waals surface area contributed by atoms with Crippen LogP contribution in [-0.2, 0) is 19.1 Å². The van der Waals surface area contributed by atoms with E-state index < -0.39 is 30.3 Å². The number of esters is 1. The highest BCUT2D eigenvalue weighted by molar-refractivity contribution is 5.96. The molecule has 156 valence electrons. The predicted octanol–water partition coefficient (Wildman–Crippen LogP) is 1.60. The van der Waals surface area contributed by atoms with Gasteiger partial charge in [-0.2, -0.15) is 0 Å². The van der Waals surface area contributed by atoms with Gasteiger partial charge >= 0.3 is 5.97 Å². The second-order valence-corrected chi connectivity index (χ2v) is 7.02. The van der Waals surface area contributed by atoms with E-state index in [0.29, 0.717) is 5.56 Å². The highest BCUT2D eigenvalue weighted by atomic mass is 16.5. The number of carbonyl (C=O) groups excluding carboxylic acids is 4. The Morgan fingerprint density at radius 1 is 1.07 bits per heavy atom. The summed E-state index contributed by atoms with van der Waals surface area (Å²) >= 11 is 0. The quantitative estimate of drug-likeness (QED) is 0.676. The van der Waals surface area contributed by atoms with Crippen LogP contribution in [0.4, 0.5) is 0 Å². The Morgan fingerprint density at radius 2 is 1.70 bits per heavy atom. The first-order valence-corrected chi connectivity index (χ1v) is 9.61. The molecule has 8 heteroatoms. The zero-order valence-corrected chi connectivity index (χ0v) is 16.5. The fraction of sp³-hybridized carbons (Fsp3) is 0.273. The van der Waals surface area contributed by atoms with E-state index in [2.05, 4.69) is 10.7 Å². The molecule has 1 aliphatic rings. The topological polar surface area (TPSA) is 105 Å². The summed E-state index contributed by atoms with van der Waals surface area (Å²) in [6, 6.07) is 17.6. The summed E-state index contributed by atoms with van der Waals surface area (Å²) in [5.74, 6) is -2.65. The number of benzene rings is 2. The molecule has 1 aliphatic heterocycles. The summed E-state index contributed by atoms with van der Waals surface area (Å²) in [5, 5.41) is 3.86. The van der Waals surface area contributed by atoms with Crippen LogP contribution >= 0.6 is 0 Å². The molecule has 0 aliphatic carbocycles. The fourth-order valence-corrected chi connectivity index (χ4v) is 3.11. The van der Waals surface area contributed by atoms with Gasteiger partial charge in [0, 0.05) is 12.0 Å². The van der Waals surface area contributed by atoms with E-state index in [9.17, 15) is 19.2 Å². The molecule has 3 amide bonds. The van der Waals surface area contributed by atoms with Crippen LogP contribution in [0.5, 0.6) is 0 Å². The second-order valence-electron chi connectivity index (χ2n) is 7.02. The number of nitrogens with zero attached hydrogens (tertiary/aromatic N) is 1. The number of hydrazine groups is 1. The van der Waals surface area contributed by atoms with Crippen LogP contribution in [0.25, 0.3) is 0 Å². The Balaban J connectivity index is 1.45. The van der Waals surface area contributed by atoms with Crippen molar-refractivity contribution in [2.45, 2.75) is 19.4 Å². The van der Waals surface area contributed by atoms with Crippen molar-refractivity contribution in [3.05, 3.63) is 71.8 Å². The third-order valence-electron chi connectivity index (χ3n) is 4.75. The van der Waals surface area contributed by atoms with Crippen molar-refractivity contribution in [1.29, 1.82) is 0 Å². The third-order valence-corrected chi connectivity index (χ3v) is 4.75. The Labute approximate surface area is 174 Å². The molecule has 30 heavy (non-hydrogen) atoms. The lowest BCUT2D eigenvalue weighted by molar-refractivity contribution is -0.152. The number of hydrogen-bond donors (Lipinski definition) is 2. The molecule has 0 unspecified atom stereocenters. The number of rotatable bonds is 7. The van der Waals surface area contributed by atoms with Crippen LogP contribution in [-0.4, -0.2) is 41.9 Å². The van der Waals surface area contributed by atoms with Crippen LogP contribution in [0, 0.1) is 5.92 Å². The van der Waals surface area contributed by atoms with Crippen LogP contribution in [0.15, 0.2) is 60.7 Å². The van der Waals surface area contributed by atoms with E-state index >= 15 is 0 Å². The SMILES string of the molecule is C[C@H](NC(=O)COC(=O)[C@H]1CC(=O)N(NC(=O)c2ccccc2)C1)c1ccccc1. The highest BCUT2D eigenvalue weighted by Crippen LogP contribution is 2.18. The van der Waals surface area contributed by atoms with Crippen LogP contribution in [0.1, 0.15) is 35.3 Å². The molecule has 0 radical (unpaired) electrons. The van der Waals surface area contributed by atoms with Gasteiger partial charge in [-0.1, -0.05) is 48.5 Å². The highest BCUT2D eigenvalue weighted by Gasteiger charge is 2.36. The van der Waals surface area contributed by atoms with Gasteiger partial charge in [-0.25, -0.2) is 0 Å². The minimum atomic E-state index is -0.743. The van der Waals surface area contributed by atoms with Crippen molar-refractivity contribution in [1.82, 2.24) is 15.8 Å². The van der Waals surface area contributed by atoms with Gasteiger partial charge < -0.3 is 10.1 Å². The van der Waals surface area contributed by atoms with Crippen molar-refractivity contribution in [3.63, 3.8) is 0 Å². The lowest BCUT2D eigenvalue weighted by Gasteiger charge is -2.17. The molecule has 0 spiro atoms. The summed E-state index contributed by atoms with van der Waals surface area (Å²) in [6.45, 7) is 1.40. The molecule has 1 saturated heterocycles. The smallest absolute Gasteiger partial charge is 0.311 e. The fourth-order valence-electron chi connectivity index (χ4n) is 3.11. The standard InChI is InChI=1S/C22H23N3O5/c1-15(16-8-4-2-5-9-16)23-19(26)14-30-22(29)18-12-20(27)25(13-18)24-21(28)17-10-6-3-7-11-17/h2-11,15,18H,12-14H2,1H3,(H,23,26)(H,24,28)/t15-,18-/m0/s1. The van der Waals surface area contributed by atoms with Crippen molar-refractivity contribution in [3.8, 4) is 0 Å². The lowest BCUT2D eigenvalue weighted by Crippen LogP contribution is -2.43. The van der Waals surface area contributed by atoms with Gasteiger partial charge in [0.05, 0.1) is 18.5 Å².